The van der Waals surface area contributed by atoms with Crippen molar-refractivity contribution in [2.75, 3.05) is 18.7 Å². The first-order valence-electron chi connectivity index (χ1n) is 13.6. The van der Waals surface area contributed by atoms with Crippen LogP contribution in [0.25, 0.3) is 33.2 Å². The molecule has 0 bridgehead atoms. The quantitative estimate of drug-likeness (QED) is 0.160. The summed E-state index contributed by atoms with van der Waals surface area (Å²) in [5.74, 6) is 5.00. The number of hydrogen-bond acceptors (Lipinski definition) is 7. The monoisotopic (exact) mass is 592 g/mol. The van der Waals surface area contributed by atoms with Gasteiger partial charge in [-0.2, -0.15) is 0 Å². The first-order valence-corrected chi connectivity index (χ1v) is 15.4. The fourth-order valence-corrected chi connectivity index (χ4v) is 5.47. The lowest BCUT2D eigenvalue weighted by molar-refractivity contribution is 0.414. The molecule has 4 heterocycles. The maximum Gasteiger partial charge on any atom is 0.194 e. The predicted octanol–water partition coefficient (Wildman–Crippen LogP) is 6.46. The summed E-state index contributed by atoms with van der Waals surface area (Å²) >= 11 is 0. The molecule has 2 aromatic carbocycles. The zero-order valence-corrected chi connectivity index (χ0v) is 24.7. The first kappa shape index (κ1) is 28.2. The highest BCUT2D eigenvalue weighted by atomic mass is 32.2. The molecule has 8 nitrogen and oxygen atoms in total. The molecular weight excluding hydrogens is 563 g/mol. The van der Waals surface area contributed by atoms with Crippen molar-refractivity contribution in [3.63, 3.8) is 0 Å². The van der Waals surface area contributed by atoms with E-state index in [1.54, 1.807) is 25.6 Å². The summed E-state index contributed by atoms with van der Waals surface area (Å²) in [6, 6.07) is 20.9. The molecule has 0 aliphatic rings. The molecule has 2 atom stereocenters. The highest BCUT2D eigenvalue weighted by Gasteiger charge is 2.21. The van der Waals surface area contributed by atoms with Crippen LogP contribution in [0, 0.1) is 5.82 Å². The van der Waals surface area contributed by atoms with Gasteiger partial charge in [0.05, 0.1) is 30.1 Å². The molecule has 0 aliphatic carbocycles. The first-order chi connectivity index (χ1) is 20.8. The summed E-state index contributed by atoms with van der Waals surface area (Å²) in [6.07, 6.45) is 5.39. The highest BCUT2D eigenvalue weighted by molar-refractivity contribution is 8.13. The van der Waals surface area contributed by atoms with E-state index in [1.165, 1.54) is 18.2 Å². The van der Waals surface area contributed by atoms with Gasteiger partial charge in [0.1, 0.15) is 22.8 Å². The molecule has 0 radical (unpaired) electrons. The van der Waals surface area contributed by atoms with E-state index in [9.17, 15) is 9.18 Å². The Bertz CT molecular complexity index is 2050. The third kappa shape index (κ3) is 5.74. The zero-order valence-electron chi connectivity index (χ0n) is 23.9. The molecular formula is C33H29FN6O2S. The molecule has 0 saturated heterocycles. The average Bonchev–Trinajstić information content (AvgIpc) is 3.02. The van der Waals surface area contributed by atoms with Gasteiger partial charge in [0, 0.05) is 36.0 Å². The molecule has 10 heteroatoms. The number of nitrogens with one attached hydrogen (secondary N) is 1. The smallest absolute Gasteiger partial charge is 0.194 e. The van der Waals surface area contributed by atoms with Crippen LogP contribution in [0.2, 0.25) is 0 Å². The van der Waals surface area contributed by atoms with Crippen LogP contribution in [0.5, 0.6) is 5.75 Å². The number of benzene rings is 2. The average molecular weight is 593 g/mol. The van der Waals surface area contributed by atoms with Crippen molar-refractivity contribution < 1.29 is 9.13 Å². The number of pyridine rings is 3. The Morgan fingerprint density at radius 2 is 1.86 bits per heavy atom. The van der Waals surface area contributed by atoms with E-state index in [2.05, 4.69) is 16.2 Å². The Kier molecular flexibility index (Phi) is 7.69. The number of ether oxygens (including phenoxy) is 1. The zero-order chi connectivity index (χ0) is 30.1. The summed E-state index contributed by atoms with van der Waals surface area (Å²) in [6.45, 7) is 2.44. The largest absolute Gasteiger partial charge is 0.497 e. The molecule has 0 amide bonds. The lowest BCUT2D eigenvalue weighted by atomic mass is 10.0. The predicted molar refractivity (Wildman–Crippen MR) is 172 cm³/mol. The molecule has 0 saturated carbocycles. The van der Waals surface area contributed by atoms with Crippen LogP contribution < -0.4 is 15.5 Å². The van der Waals surface area contributed by atoms with Crippen molar-refractivity contribution in [3.05, 3.63) is 112 Å². The fraction of sp³-hybridized carbons (Fsp3) is 0.152. The van der Waals surface area contributed by atoms with Crippen LogP contribution in [0.3, 0.4) is 0 Å². The molecule has 4 aromatic heterocycles. The van der Waals surface area contributed by atoms with Crippen LogP contribution in [0.1, 0.15) is 24.2 Å². The third-order valence-electron chi connectivity index (χ3n) is 7.13. The molecule has 1 N–H and O–H groups in total. The number of rotatable bonds is 8. The Hall–Kier alpha value is -4.96. The highest BCUT2D eigenvalue weighted by Crippen LogP contribution is 2.33. The number of methoxy groups -OCH3 is 1. The van der Waals surface area contributed by atoms with E-state index < -0.39 is 16.5 Å². The van der Waals surface area contributed by atoms with Gasteiger partial charge in [-0.05, 0) is 67.3 Å². The van der Waals surface area contributed by atoms with Gasteiger partial charge >= 0.3 is 0 Å². The summed E-state index contributed by atoms with van der Waals surface area (Å²) in [4.78, 5) is 32.4. The van der Waals surface area contributed by atoms with Gasteiger partial charge in [0.25, 0.3) is 0 Å². The lowest BCUT2D eigenvalue weighted by Gasteiger charge is -2.20. The molecule has 1 unspecified atom stereocenters. The number of fused-ring (bicyclic) bond motifs is 2. The van der Waals surface area contributed by atoms with Crippen LogP contribution >= 0.6 is 10.5 Å². The normalized spacial score (nSPS) is 12.7. The van der Waals surface area contributed by atoms with Crippen molar-refractivity contribution in [1.29, 1.82) is 0 Å². The molecule has 6 rings (SSSR count). The number of halogens is 1. The van der Waals surface area contributed by atoms with Crippen molar-refractivity contribution in [3.8, 4) is 17.0 Å². The van der Waals surface area contributed by atoms with Crippen molar-refractivity contribution in [2.45, 2.75) is 24.7 Å². The summed E-state index contributed by atoms with van der Waals surface area (Å²) < 4.78 is 21.3. The van der Waals surface area contributed by atoms with Crippen LogP contribution in [-0.2, 0) is 6.54 Å². The third-order valence-corrected chi connectivity index (χ3v) is 7.93. The summed E-state index contributed by atoms with van der Waals surface area (Å²) in [7, 11) is 1.10. The van der Waals surface area contributed by atoms with Gasteiger partial charge in [0.2, 0.25) is 0 Å². The van der Waals surface area contributed by atoms with Gasteiger partial charge in [-0.3, -0.25) is 9.78 Å². The van der Waals surface area contributed by atoms with Crippen LogP contribution in [-0.4, -0.2) is 43.7 Å². The minimum absolute atomic E-state index is 0.200. The fourth-order valence-electron chi connectivity index (χ4n) is 4.98. The van der Waals surface area contributed by atoms with Crippen LogP contribution in [0.4, 0.5) is 10.2 Å². The number of aromatic nitrogens is 5. The Balaban J connectivity index is 1.48. The van der Waals surface area contributed by atoms with Gasteiger partial charge in [-0.15, -0.1) is 10.5 Å². The number of nitrogens with zero attached hydrogens (tertiary/aromatic N) is 5. The van der Waals surface area contributed by atoms with Crippen LogP contribution in [0.15, 0.2) is 95.1 Å². The van der Waals surface area contributed by atoms with E-state index in [4.69, 9.17) is 19.7 Å². The molecule has 6 aromatic rings. The van der Waals surface area contributed by atoms with Crippen molar-refractivity contribution in [1.82, 2.24) is 24.5 Å². The topological polar surface area (TPSA) is 94.8 Å². The maximum absolute atomic E-state index is 14.1. The SMILES string of the molecule is C=S(C)c1nc(N[C@@H](C)c2nc3ccc(F)cc3cc2-c2ccccn2)c2c(=O)ccn(Cc3ccc(OC)cc3)c2n1. The number of anilines is 1. The van der Waals surface area contributed by atoms with Gasteiger partial charge in [0.15, 0.2) is 16.2 Å². The Morgan fingerprint density at radius 1 is 1.05 bits per heavy atom. The van der Waals surface area contributed by atoms with E-state index in [1.807, 2.05) is 66.3 Å². The van der Waals surface area contributed by atoms with Gasteiger partial charge in [-0.1, -0.05) is 24.1 Å². The van der Waals surface area contributed by atoms with E-state index in [0.717, 1.165) is 16.9 Å². The minimum Gasteiger partial charge on any atom is -0.497 e. The Labute approximate surface area is 250 Å². The van der Waals surface area contributed by atoms with Gasteiger partial charge in [-0.25, -0.2) is 19.3 Å². The number of hydrogen-bond donors (Lipinski definition) is 1. The van der Waals surface area contributed by atoms with E-state index in [-0.39, 0.29) is 11.2 Å². The Morgan fingerprint density at radius 3 is 2.58 bits per heavy atom. The second-order valence-corrected chi connectivity index (χ2v) is 11.8. The molecule has 0 spiro atoms. The van der Waals surface area contributed by atoms with Crippen molar-refractivity contribution in [2.24, 2.45) is 0 Å². The summed E-state index contributed by atoms with van der Waals surface area (Å²) in [5, 5.41) is 5.03. The molecule has 0 fully saturated rings. The maximum atomic E-state index is 14.1. The molecule has 43 heavy (non-hydrogen) atoms. The van der Waals surface area contributed by atoms with E-state index >= 15 is 0 Å². The van der Waals surface area contributed by atoms with Gasteiger partial charge < -0.3 is 14.6 Å². The molecule has 216 valence electrons. The minimum atomic E-state index is -0.531. The second-order valence-electron chi connectivity index (χ2n) is 10.2. The standard InChI is InChI=1S/C33H29FN6O2S/c1-20(30-25(27-7-5-6-15-35-27)18-22-17-23(34)10-13-26(22)37-30)36-31-29-28(41)14-16-40(32(29)39-33(38-31)43(3)4)19-21-8-11-24(42-2)12-9-21/h5-18,20H,3,19H2,1-2,4H3,(H,36,38,39)/t20-,43?/m0/s1. The second kappa shape index (κ2) is 11.7. The van der Waals surface area contributed by atoms with Crippen molar-refractivity contribution >= 4 is 44.1 Å². The molecule has 0 aliphatic heterocycles. The summed E-state index contributed by atoms with van der Waals surface area (Å²) in [5.41, 5.74) is 4.12. The lowest BCUT2D eigenvalue weighted by Crippen LogP contribution is -2.17. The van der Waals surface area contributed by atoms with E-state index in [0.29, 0.717) is 50.8 Å².